The molecule has 3 N–H and O–H groups in total. The Morgan fingerprint density at radius 2 is 1.91 bits per heavy atom. The Bertz CT molecular complexity index is 520. The highest BCUT2D eigenvalue weighted by molar-refractivity contribution is 5.77. The molecule has 0 aliphatic carbocycles. The van der Waals surface area contributed by atoms with Gasteiger partial charge < -0.3 is 10.8 Å². The molecule has 1 aromatic rings. The zero-order valence-corrected chi connectivity index (χ0v) is 14.7. The van der Waals surface area contributed by atoms with Gasteiger partial charge in [0.25, 0.3) is 0 Å². The van der Waals surface area contributed by atoms with E-state index in [2.05, 4.69) is 39.8 Å². The molecule has 0 aliphatic rings. The van der Waals surface area contributed by atoms with Gasteiger partial charge in [-0.15, -0.1) is 0 Å². The standard InChI is InChI=1S/C19H31NO2/c1-6-16(12-19(5,20)18(21)22)8-7-9-17-11-10-13(2)14(3)15(17)4/h10-11,16H,6-9,12,20H2,1-5H3,(H,21,22). The van der Waals surface area contributed by atoms with Crippen LogP contribution in [0.15, 0.2) is 12.1 Å². The maximum atomic E-state index is 11.2. The molecule has 0 saturated carbocycles. The minimum Gasteiger partial charge on any atom is -0.480 e. The number of hydrogen-bond acceptors (Lipinski definition) is 2. The third kappa shape index (κ3) is 4.84. The van der Waals surface area contributed by atoms with Gasteiger partial charge in [-0.3, -0.25) is 4.79 Å². The van der Waals surface area contributed by atoms with Crippen LogP contribution < -0.4 is 5.73 Å². The van der Waals surface area contributed by atoms with E-state index in [9.17, 15) is 4.79 Å². The van der Waals surface area contributed by atoms with Gasteiger partial charge in [0.1, 0.15) is 5.54 Å². The summed E-state index contributed by atoms with van der Waals surface area (Å²) in [5.74, 6) is -0.533. The van der Waals surface area contributed by atoms with Crippen molar-refractivity contribution in [3.8, 4) is 0 Å². The van der Waals surface area contributed by atoms with Crippen molar-refractivity contribution in [2.24, 2.45) is 11.7 Å². The SMILES string of the molecule is CCC(CCCc1ccc(C)c(C)c1C)CC(C)(N)C(=O)O. The van der Waals surface area contributed by atoms with Crippen LogP contribution in [0.1, 0.15) is 61.8 Å². The fourth-order valence-corrected chi connectivity index (χ4v) is 3.00. The van der Waals surface area contributed by atoms with Gasteiger partial charge in [0.2, 0.25) is 0 Å². The number of carboxylic acids is 1. The summed E-state index contributed by atoms with van der Waals surface area (Å²) in [6, 6.07) is 4.42. The first-order valence-electron chi connectivity index (χ1n) is 8.27. The van der Waals surface area contributed by atoms with Gasteiger partial charge in [-0.25, -0.2) is 0 Å². The summed E-state index contributed by atoms with van der Waals surface area (Å²) in [5, 5.41) is 9.16. The summed E-state index contributed by atoms with van der Waals surface area (Å²) in [6.07, 6.45) is 4.69. The first-order valence-corrected chi connectivity index (χ1v) is 8.27. The van der Waals surface area contributed by atoms with E-state index in [4.69, 9.17) is 10.8 Å². The molecule has 22 heavy (non-hydrogen) atoms. The maximum absolute atomic E-state index is 11.2. The molecule has 0 radical (unpaired) electrons. The van der Waals surface area contributed by atoms with Crippen molar-refractivity contribution in [3.63, 3.8) is 0 Å². The molecule has 0 saturated heterocycles. The van der Waals surface area contributed by atoms with E-state index in [1.54, 1.807) is 6.92 Å². The van der Waals surface area contributed by atoms with E-state index in [1.807, 2.05) is 0 Å². The van der Waals surface area contributed by atoms with E-state index in [-0.39, 0.29) is 0 Å². The normalized spacial score (nSPS) is 15.4. The van der Waals surface area contributed by atoms with Crippen LogP contribution in [0.3, 0.4) is 0 Å². The minimum atomic E-state index is -1.11. The van der Waals surface area contributed by atoms with Gasteiger partial charge in [0.15, 0.2) is 0 Å². The molecule has 1 aromatic carbocycles. The van der Waals surface area contributed by atoms with Crippen molar-refractivity contribution in [2.45, 2.75) is 72.3 Å². The lowest BCUT2D eigenvalue weighted by molar-refractivity contribution is -0.143. The highest BCUT2D eigenvalue weighted by Crippen LogP contribution is 2.25. The van der Waals surface area contributed by atoms with Crippen molar-refractivity contribution in [3.05, 3.63) is 34.4 Å². The van der Waals surface area contributed by atoms with Gasteiger partial charge in [-0.05, 0) is 75.1 Å². The van der Waals surface area contributed by atoms with Crippen LogP contribution in [0.4, 0.5) is 0 Å². The third-order valence-corrected chi connectivity index (χ3v) is 5.01. The highest BCUT2D eigenvalue weighted by atomic mass is 16.4. The summed E-state index contributed by atoms with van der Waals surface area (Å²) in [4.78, 5) is 11.2. The molecule has 3 nitrogen and oxygen atoms in total. The van der Waals surface area contributed by atoms with E-state index >= 15 is 0 Å². The Hall–Kier alpha value is -1.35. The van der Waals surface area contributed by atoms with E-state index in [1.165, 1.54) is 22.3 Å². The van der Waals surface area contributed by atoms with Crippen molar-refractivity contribution in [1.29, 1.82) is 0 Å². The molecule has 0 heterocycles. The van der Waals surface area contributed by atoms with Crippen LogP contribution in [-0.4, -0.2) is 16.6 Å². The smallest absolute Gasteiger partial charge is 0.323 e. The molecule has 2 atom stereocenters. The number of carboxylic acid groups (broad SMARTS) is 1. The molecule has 0 aromatic heterocycles. The summed E-state index contributed by atoms with van der Waals surface area (Å²) in [6.45, 7) is 10.2. The molecule has 0 bridgehead atoms. The van der Waals surface area contributed by atoms with Crippen LogP contribution >= 0.6 is 0 Å². The van der Waals surface area contributed by atoms with E-state index in [0.717, 1.165) is 25.7 Å². The fourth-order valence-electron chi connectivity index (χ4n) is 3.00. The molecule has 0 fully saturated rings. The molecular formula is C19H31NO2. The average Bonchev–Trinajstić information content (AvgIpc) is 2.45. The monoisotopic (exact) mass is 305 g/mol. The van der Waals surface area contributed by atoms with Gasteiger partial charge in [-0.2, -0.15) is 0 Å². The van der Waals surface area contributed by atoms with Crippen LogP contribution in [0.2, 0.25) is 0 Å². The number of hydrogen-bond donors (Lipinski definition) is 2. The first-order chi connectivity index (χ1) is 10.2. The molecule has 0 spiro atoms. The van der Waals surface area contributed by atoms with E-state index in [0.29, 0.717) is 12.3 Å². The lowest BCUT2D eigenvalue weighted by atomic mass is 9.84. The molecule has 124 valence electrons. The van der Waals surface area contributed by atoms with Gasteiger partial charge in [0, 0.05) is 0 Å². The molecule has 2 unspecified atom stereocenters. The Kier molecular flexibility index (Phi) is 6.61. The zero-order valence-electron chi connectivity index (χ0n) is 14.7. The largest absolute Gasteiger partial charge is 0.480 e. The van der Waals surface area contributed by atoms with Crippen LogP contribution in [0, 0.1) is 26.7 Å². The quantitative estimate of drug-likeness (QED) is 0.758. The topological polar surface area (TPSA) is 63.3 Å². The summed E-state index contributed by atoms with van der Waals surface area (Å²) < 4.78 is 0. The molecular weight excluding hydrogens is 274 g/mol. The van der Waals surface area contributed by atoms with Gasteiger partial charge >= 0.3 is 5.97 Å². The molecule has 0 aliphatic heterocycles. The second-order valence-electron chi connectivity index (χ2n) is 6.88. The number of aryl methyl sites for hydroxylation is 2. The number of nitrogens with two attached hydrogens (primary N) is 1. The van der Waals surface area contributed by atoms with E-state index < -0.39 is 11.5 Å². The second-order valence-corrected chi connectivity index (χ2v) is 6.88. The summed E-state index contributed by atoms with van der Waals surface area (Å²) in [5.41, 5.74) is 10.3. The summed E-state index contributed by atoms with van der Waals surface area (Å²) >= 11 is 0. The number of rotatable bonds is 8. The van der Waals surface area contributed by atoms with Crippen molar-refractivity contribution < 1.29 is 9.90 Å². The average molecular weight is 305 g/mol. The van der Waals surface area contributed by atoms with Crippen LogP contribution in [0.5, 0.6) is 0 Å². The molecule has 1 rings (SSSR count). The Morgan fingerprint density at radius 3 is 2.45 bits per heavy atom. The maximum Gasteiger partial charge on any atom is 0.323 e. The van der Waals surface area contributed by atoms with Crippen molar-refractivity contribution >= 4 is 5.97 Å². The number of aliphatic carboxylic acids is 1. The van der Waals surface area contributed by atoms with Gasteiger partial charge in [0.05, 0.1) is 0 Å². The zero-order chi connectivity index (χ0) is 16.9. The second kappa shape index (κ2) is 7.77. The predicted molar refractivity (Wildman–Crippen MR) is 92.2 cm³/mol. The van der Waals surface area contributed by atoms with Gasteiger partial charge in [-0.1, -0.05) is 31.9 Å². The lowest BCUT2D eigenvalue weighted by Crippen LogP contribution is -2.46. The lowest BCUT2D eigenvalue weighted by Gasteiger charge is -2.25. The molecule has 3 heteroatoms. The number of carbonyl (C=O) groups is 1. The Morgan fingerprint density at radius 1 is 1.27 bits per heavy atom. The van der Waals surface area contributed by atoms with Crippen LogP contribution in [-0.2, 0) is 11.2 Å². The van der Waals surface area contributed by atoms with Crippen molar-refractivity contribution in [1.82, 2.24) is 0 Å². The Balaban J connectivity index is 2.59. The first kappa shape index (κ1) is 18.7. The minimum absolute atomic E-state index is 0.373. The highest BCUT2D eigenvalue weighted by Gasteiger charge is 2.30. The summed E-state index contributed by atoms with van der Waals surface area (Å²) in [7, 11) is 0. The third-order valence-electron chi connectivity index (χ3n) is 5.01. The Labute approximate surface area is 134 Å². The van der Waals surface area contributed by atoms with Crippen molar-refractivity contribution in [2.75, 3.05) is 0 Å². The van der Waals surface area contributed by atoms with Crippen LogP contribution in [0.25, 0.3) is 0 Å². The fraction of sp³-hybridized carbons (Fsp3) is 0.632. The molecule has 0 amide bonds. The predicted octanol–water partition coefficient (Wildman–Crippen LogP) is 4.15. The number of benzene rings is 1.